The number of hydrogen-bond donors (Lipinski definition) is 3. The number of anilines is 2. The van der Waals surface area contributed by atoms with E-state index in [1.54, 1.807) is 21.1 Å². The topological polar surface area (TPSA) is 100 Å². The molecule has 4 aliphatic rings. The zero-order valence-corrected chi connectivity index (χ0v) is 27.9. The van der Waals surface area contributed by atoms with Crippen LogP contribution in [-0.4, -0.2) is 102 Å². The van der Waals surface area contributed by atoms with E-state index in [0.717, 1.165) is 42.6 Å². The summed E-state index contributed by atoms with van der Waals surface area (Å²) < 4.78 is 41.9. The summed E-state index contributed by atoms with van der Waals surface area (Å²) in [7, 11) is 1.37. The number of benzene rings is 1. The highest BCUT2D eigenvalue weighted by Gasteiger charge is 2.38. The number of amides is 5. The number of thiophene rings is 1. The standard InChI is InChI=1S/C32H41ClF3N7O3S/c1-37-28-23(32(34,35)36)16-20(17-24(28)33)18-26(29(44)41-11-4-21(5-12-41)40-9-2-3-10-40)39-30(45)42-13-6-22(7-14-42)43-19-27-25(8-15-47-27)38-31(43)46/h8,15-17,21-22,26,37H,2-7,9-14,18-19H2,1H3,(H,38,46)(H,39,45)/t26-/m1/s1. The molecule has 47 heavy (non-hydrogen) atoms. The maximum atomic E-state index is 14.0. The van der Waals surface area contributed by atoms with Crippen molar-refractivity contribution in [3.8, 4) is 0 Å². The van der Waals surface area contributed by atoms with Crippen molar-refractivity contribution in [3.05, 3.63) is 44.6 Å². The summed E-state index contributed by atoms with van der Waals surface area (Å²) in [4.78, 5) is 49.1. The molecule has 1 aromatic carbocycles. The molecule has 0 saturated carbocycles. The number of carbonyl (C=O) groups excluding carboxylic acids is 3. The lowest BCUT2D eigenvalue weighted by molar-refractivity contribution is -0.137. The number of nitrogens with one attached hydrogen (secondary N) is 3. The Morgan fingerprint density at radius 2 is 1.68 bits per heavy atom. The van der Waals surface area contributed by atoms with Crippen molar-refractivity contribution in [2.24, 2.45) is 0 Å². The normalized spacial score (nSPS) is 20.6. The van der Waals surface area contributed by atoms with Crippen molar-refractivity contribution < 1.29 is 27.6 Å². The molecule has 15 heteroatoms. The predicted molar refractivity (Wildman–Crippen MR) is 176 cm³/mol. The summed E-state index contributed by atoms with van der Waals surface area (Å²) in [5.74, 6) is -0.313. The summed E-state index contributed by atoms with van der Waals surface area (Å²) in [5.41, 5.74) is -0.118. The van der Waals surface area contributed by atoms with E-state index < -0.39 is 23.8 Å². The van der Waals surface area contributed by atoms with E-state index in [9.17, 15) is 27.6 Å². The van der Waals surface area contributed by atoms with Crippen molar-refractivity contribution in [3.63, 3.8) is 0 Å². The van der Waals surface area contributed by atoms with Gasteiger partial charge in [0.1, 0.15) is 6.04 Å². The van der Waals surface area contributed by atoms with Gasteiger partial charge in [0.2, 0.25) is 5.91 Å². The lowest BCUT2D eigenvalue weighted by Gasteiger charge is -2.40. The molecule has 5 amide bonds. The molecule has 5 heterocycles. The molecule has 1 atom stereocenters. The lowest BCUT2D eigenvalue weighted by Crippen LogP contribution is -2.57. The van der Waals surface area contributed by atoms with Gasteiger partial charge < -0.3 is 35.6 Å². The highest BCUT2D eigenvalue weighted by molar-refractivity contribution is 7.10. The van der Waals surface area contributed by atoms with Gasteiger partial charge >= 0.3 is 18.2 Å². The Balaban J connectivity index is 1.15. The van der Waals surface area contributed by atoms with Crippen LogP contribution in [0.15, 0.2) is 23.6 Å². The number of rotatable bonds is 7. The predicted octanol–water partition coefficient (Wildman–Crippen LogP) is 5.68. The third kappa shape index (κ3) is 7.44. The second-order valence-corrected chi connectivity index (χ2v) is 14.2. The zero-order chi connectivity index (χ0) is 33.3. The van der Waals surface area contributed by atoms with Crippen molar-refractivity contribution in [1.82, 2.24) is 24.9 Å². The second-order valence-electron chi connectivity index (χ2n) is 12.8. The smallest absolute Gasteiger partial charge is 0.386 e. The fraction of sp³-hybridized carbons (Fsp3) is 0.594. The molecule has 0 aliphatic carbocycles. The number of piperidine rings is 2. The van der Waals surface area contributed by atoms with Gasteiger partial charge in [-0.05, 0) is 80.8 Å². The minimum Gasteiger partial charge on any atom is -0.386 e. The molecule has 0 unspecified atom stereocenters. The maximum Gasteiger partial charge on any atom is 0.418 e. The van der Waals surface area contributed by atoms with Crippen LogP contribution in [0, 0.1) is 0 Å². The van der Waals surface area contributed by atoms with Gasteiger partial charge in [0.25, 0.3) is 0 Å². The Labute approximate surface area is 281 Å². The number of nitrogens with zero attached hydrogens (tertiary/aromatic N) is 4. The molecule has 0 radical (unpaired) electrons. The lowest BCUT2D eigenvalue weighted by atomic mass is 9.98. The molecule has 2 aromatic rings. The third-order valence-corrected chi connectivity index (χ3v) is 11.1. The van der Waals surface area contributed by atoms with E-state index in [-0.39, 0.29) is 40.7 Å². The van der Waals surface area contributed by atoms with Crippen LogP contribution in [0.5, 0.6) is 0 Å². The minimum atomic E-state index is -4.67. The first-order valence-corrected chi connectivity index (χ1v) is 17.6. The second kappa shape index (κ2) is 14.1. The van der Waals surface area contributed by atoms with Gasteiger partial charge in [-0.3, -0.25) is 4.79 Å². The number of fused-ring (bicyclic) bond motifs is 1. The molecular weight excluding hydrogens is 655 g/mol. The number of hydrogen-bond acceptors (Lipinski definition) is 6. The summed E-state index contributed by atoms with van der Waals surface area (Å²) in [6, 6.07) is 2.99. The first-order valence-electron chi connectivity index (χ1n) is 16.3. The largest absolute Gasteiger partial charge is 0.418 e. The molecule has 10 nitrogen and oxygen atoms in total. The van der Waals surface area contributed by atoms with Gasteiger partial charge in [-0.1, -0.05) is 11.6 Å². The molecule has 0 bridgehead atoms. The summed E-state index contributed by atoms with van der Waals surface area (Å²) in [6.45, 7) is 4.45. The third-order valence-electron chi connectivity index (χ3n) is 9.93. The first-order chi connectivity index (χ1) is 22.5. The van der Waals surface area contributed by atoms with E-state index >= 15 is 0 Å². The molecular formula is C32H41ClF3N7O3S. The molecule has 4 aliphatic heterocycles. The van der Waals surface area contributed by atoms with Crippen molar-refractivity contribution >= 4 is 52.3 Å². The highest BCUT2D eigenvalue weighted by Crippen LogP contribution is 2.40. The molecule has 3 N–H and O–H groups in total. The number of likely N-dealkylation sites (tertiary alicyclic amines) is 3. The van der Waals surface area contributed by atoms with E-state index in [1.165, 1.54) is 26.0 Å². The number of carbonyl (C=O) groups is 3. The molecule has 3 saturated heterocycles. The summed E-state index contributed by atoms with van der Waals surface area (Å²) >= 11 is 7.87. The first kappa shape index (κ1) is 33.7. The van der Waals surface area contributed by atoms with Crippen LogP contribution in [0.1, 0.15) is 54.5 Å². The van der Waals surface area contributed by atoms with Crippen LogP contribution in [0.3, 0.4) is 0 Å². The molecule has 0 spiro atoms. The van der Waals surface area contributed by atoms with E-state index in [0.29, 0.717) is 51.6 Å². The number of halogens is 4. The van der Waals surface area contributed by atoms with Gasteiger partial charge in [-0.2, -0.15) is 13.2 Å². The SMILES string of the molecule is CNc1c(Cl)cc(C[C@@H](NC(=O)N2CCC(N3Cc4sccc4NC3=O)CC2)C(=O)N2CCC(N3CCCC3)CC2)cc1C(F)(F)F. The fourth-order valence-corrected chi connectivity index (χ4v) is 8.54. The van der Waals surface area contributed by atoms with E-state index in [1.807, 2.05) is 16.3 Å². The Morgan fingerprint density at radius 1 is 1.02 bits per heavy atom. The monoisotopic (exact) mass is 695 g/mol. The van der Waals surface area contributed by atoms with Gasteiger partial charge in [0.15, 0.2) is 0 Å². The summed E-state index contributed by atoms with van der Waals surface area (Å²) in [5, 5.41) is 10.2. The van der Waals surface area contributed by atoms with Crippen LogP contribution in [0.4, 0.5) is 34.1 Å². The van der Waals surface area contributed by atoms with Gasteiger partial charge in [0.05, 0.1) is 28.5 Å². The van der Waals surface area contributed by atoms with Crippen molar-refractivity contribution in [1.29, 1.82) is 0 Å². The molecule has 1 aromatic heterocycles. The Morgan fingerprint density at radius 3 is 2.34 bits per heavy atom. The summed E-state index contributed by atoms with van der Waals surface area (Å²) in [6.07, 6.45) is 0.326. The zero-order valence-electron chi connectivity index (χ0n) is 26.4. The molecule has 256 valence electrons. The van der Waals surface area contributed by atoms with E-state index in [4.69, 9.17) is 11.6 Å². The number of alkyl halides is 3. The van der Waals surface area contributed by atoms with Crippen LogP contribution in [0.2, 0.25) is 5.02 Å². The Hall–Kier alpha value is -3.23. The van der Waals surface area contributed by atoms with Crippen LogP contribution in [-0.2, 0) is 23.9 Å². The minimum absolute atomic E-state index is 0.0442. The Kier molecular flexibility index (Phi) is 10.1. The number of urea groups is 2. The Bertz CT molecular complexity index is 1470. The average molecular weight is 696 g/mol. The van der Waals surface area contributed by atoms with E-state index in [2.05, 4.69) is 20.9 Å². The van der Waals surface area contributed by atoms with Gasteiger partial charge in [-0.15, -0.1) is 11.3 Å². The van der Waals surface area contributed by atoms with Crippen molar-refractivity contribution in [2.75, 3.05) is 56.9 Å². The highest BCUT2D eigenvalue weighted by atomic mass is 35.5. The quantitative estimate of drug-likeness (QED) is 0.346. The average Bonchev–Trinajstić information content (AvgIpc) is 3.76. The fourth-order valence-electron chi connectivity index (χ4n) is 7.38. The molecule has 6 rings (SSSR count). The molecule has 3 fully saturated rings. The van der Waals surface area contributed by atoms with Crippen LogP contribution < -0.4 is 16.0 Å². The van der Waals surface area contributed by atoms with Crippen LogP contribution in [0.25, 0.3) is 0 Å². The maximum absolute atomic E-state index is 14.0. The van der Waals surface area contributed by atoms with Crippen molar-refractivity contribution in [2.45, 2.75) is 75.8 Å². The van der Waals surface area contributed by atoms with Crippen LogP contribution >= 0.6 is 22.9 Å². The van der Waals surface area contributed by atoms with Gasteiger partial charge in [0, 0.05) is 56.6 Å². The van der Waals surface area contributed by atoms with Gasteiger partial charge in [-0.25, -0.2) is 9.59 Å².